The molecule has 2 rings (SSSR count). The lowest BCUT2D eigenvalue weighted by Gasteiger charge is -2.19. The van der Waals surface area contributed by atoms with E-state index in [9.17, 15) is 5.11 Å². The Balaban J connectivity index is 2.45. The molecule has 0 saturated heterocycles. The first-order valence-electron chi connectivity index (χ1n) is 7.01. The Morgan fingerprint density at radius 1 is 1.15 bits per heavy atom. The van der Waals surface area contributed by atoms with Crippen LogP contribution in [0.4, 0.5) is 0 Å². The Kier molecular flexibility index (Phi) is 3.95. The van der Waals surface area contributed by atoms with Gasteiger partial charge in [-0.1, -0.05) is 52.0 Å². The number of benzene rings is 1. The summed E-state index contributed by atoms with van der Waals surface area (Å²) >= 11 is 0. The molecule has 2 aromatic rings. The Hall–Kier alpha value is -1.68. The van der Waals surface area contributed by atoms with Crippen LogP contribution in [0.15, 0.2) is 24.3 Å². The van der Waals surface area contributed by atoms with Crippen molar-refractivity contribution in [2.24, 2.45) is 0 Å². The van der Waals surface area contributed by atoms with Gasteiger partial charge in [0, 0.05) is 0 Å². The molecule has 4 nitrogen and oxygen atoms in total. The van der Waals surface area contributed by atoms with Crippen LogP contribution in [0.5, 0.6) is 0 Å². The van der Waals surface area contributed by atoms with Gasteiger partial charge in [0.05, 0.1) is 18.0 Å². The smallest absolute Gasteiger partial charge is 0.112 e. The van der Waals surface area contributed by atoms with E-state index in [0.717, 1.165) is 11.4 Å². The zero-order valence-corrected chi connectivity index (χ0v) is 12.9. The molecule has 1 aromatic carbocycles. The summed E-state index contributed by atoms with van der Waals surface area (Å²) in [5.41, 5.74) is 4.03. The number of nitrogens with zero attached hydrogens (tertiary/aromatic N) is 3. The summed E-state index contributed by atoms with van der Waals surface area (Å²) in [4.78, 5) is 0. The number of aliphatic hydroxyl groups is 1. The highest BCUT2D eigenvalue weighted by atomic mass is 16.3. The van der Waals surface area contributed by atoms with E-state index in [4.69, 9.17) is 0 Å². The zero-order valence-electron chi connectivity index (χ0n) is 12.9. The summed E-state index contributed by atoms with van der Waals surface area (Å²) in [5, 5.41) is 17.6. The molecular formula is C16H23N3O. The molecule has 0 unspecified atom stereocenters. The Bertz CT molecular complexity index is 577. The molecule has 108 valence electrons. The van der Waals surface area contributed by atoms with Crippen molar-refractivity contribution in [1.82, 2.24) is 15.0 Å². The van der Waals surface area contributed by atoms with E-state index in [2.05, 4.69) is 69.2 Å². The maximum atomic E-state index is 9.36. The first kappa shape index (κ1) is 14.7. The van der Waals surface area contributed by atoms with Crippen LogP contribution in [0, 0.1) is 0 Å². The van der Waals surface area contributed by atoms with Crippen molar-refractivity contribution < 1.29 is 5.11 Å². The van der Waals surface area contributed by atoms with Crippen molar-refractivity contribution in [1.29, 1.82) is 0 Å². The zero-order chi connectivity index (χ0) is 14.9. The molecule has 0 bridgehead atoms. The van der Waals surface area contributed by atoms with Gasteiger partial charge in [-0.25, -0.2) is 4.68 Å². The normalized spacial score (nSPS) is 12.2. The molecular weight excluding hydrogens is 250 g/mol. The fourth-order valence-corrected chi connectivity index (χ4v) is 2.30. The first-order chi connectivity index (χ1) is 9.34. The van der Waals surface area contributed by atoms with Crippen molar-refractivity contribution in [3.05, 3.63) is 41.2 Å². The lowest BCUT2D eigenvalue weighted by Crippen LogP contribution is -2.11. The van der Waals surface area contributed by atoms with E-state index >= 15 is 0 Å². The van der Waals surface area contributed by atoms with Gasteiger partial charge in [-0.2, -0.15) is 0 Å². The highest BCUT2D eigenvalue weighted by Crippen LogP contribution is 2.25. The fraction of sp³-hybridized carbons (Fsp3) is 0.500. The van der Waals surface area contributed by atoms with Crippen molar-refractivity contribution in [2.75, 3.05) is 0 Å². The molecule has 0 saturated carbocycles. The maximum absolute atomic E-state index is 9.36. The van der Waals surface area contributed by atoms with Crippen LogP contribution in [0.3, 0.4) is 0 Å². The molecule has 1 heterocycles. The monoisotopic (exact) mass is 273 g/mol. The van der Waals surface area contributed by atoms with Gasteiger partial charge in [-0.15, -0.1) is 5.10 Å². The Morgan fingerprint density at radius 3 is 2.20 bits per heavy atom. The van der Waals surface area contributed by atoms with Crippen LogP contribution in [0.1, 0.15) is 57.5 Å². The molecule has 0 aliphatic carbocycles. The summed E-state index contributed by atoms with van der Waals surface area (Å²) in [6, 6.07) is 8.37. The summed E-state index contributed by atoms with van der Waals surface area (Å²) in [5.74, 6) is 0.259. The Labute approximate surface area is 120 Å². The predicted molar refractivity (Wildman–Crippen MR) is 80.1 cm³/mol. The molecule has 0 fully saturated rings. The highest BCUT2D eigenvalue weighted by Gasteiger charge is 2.18. The second-order valence-corrected chi connectivity index (χ2v) is 6.44. The van der Waals surface area contributed by atoms with Gasteiger partial charge in [-0.05, 0) is 29.0 Å². The van der Waals surface area contributed by atoms with Gasteiger partial charge >= 0.3 is 0 Å². The summed E-state index contributed by atoms with van der Waals surface area (Å²) in [6.45, 7) is 10.7. The van der Waals surface area contributed by atoms with Gasteiger partial charge in [0.15, 0.2) is 0 Å². The van der Waals surface area contributed by atoms with Gasteiger partial charge in [0.2, 0.25) is 0 Å². The minimum atomic E-state index is -0.0758. The van der Waals surface area contributed by atoms with Gasteiger partial charge in [0.25, 0.3) is 0 Å². The van der Waals surface area contributed by atoms with Crippen LogP contribution in [0.2, 0.25) is 0 Å². The van der Waals surface area contributed by atoms with Crippen molar-refractivity contribution >= 4 is 0 Å². The van der Waals surface area contributed by atoms with Crippen LogP contribution < -0.4 is 0 Å². The Morgan fingerprint density at radius 2 is 1.75 bits per heavy atom. The predicted octanol–water partition coefficient (Wildman–Crippen LogP) is 3.18. The minimum absolute atomic E-state index is 0.0758. The molecule has 20 heavy (non-hydrogen) atoms. The molecule has 0 amide bonds. The maximum Gasteiger partial charge on any atom is 0.112 e. The lowest BCUT2D eigenvalue weighted by molar-refractivity contribution is 0.275. The van der Waals surface area contributed by atoms with Crippen molar-refractivity contribution in [3.63, 3.8) is 0 Å². The average Bonchev–Trinajstić information content (AvgIpc) is 2.81. The molecule has 0 radical (unpaired) electrons. The molecule has 4 heteroatoms. The number of aromatic nitrogens is 3. The van der Waals surface area contributed by atoms with Gasteiger partial charge < -0.3 is 5.11 Å². The topological polar surface area (TPSA) is 50.9 Å². The third-order valence-electron chi connectivity index (χ3n) is 3.45. The highest BCUT2D eigenvalue weighted by molar-refractivity contribution is 5.38. The molecule has 1 aromatic heterocycles. The standard InChI is InChI=1S/C16H23N3O/c1-11(2)15-14(10-20)17-18-19(15)13-8-6-12(7-9-13)16(3,4)5/h6-9,11,20H,10H2,1-5H3. The number of hydrogen-bond donors (Lipinski definition) is 1. The van der Waals surface area contributed by atoms with E-state index in [1.807, 2.05) is 4.68 Å². The number of aliphatic hydroxyl groups excluding tert-OH is 1. The van der Waals surface area contributed by atoms with Gasteiger partial charge in [-0.3, -0.25) is 0 Å². The third-order valence-corrected chi connectivity index (χ3v) is 3.45. The van der Waals surface area contributed by atoms with Crippen LogP contribution in [-0.4, -0.2) is 20.1 Å². The summed E-state index contributed by atoms with van der Waals surface area (Å²) in [6.07, 6.45) is 0. The SMILES string of the molecule is CC(C)c1c(CO)nnn1-c1ccc(C(C)(C)C)cc1. The van der Waals surface area contributed by atoms with Crippen molar-refractivity contribution in [2.45, 2.75) is 52.6 Å². The first-order valence-corrected chi connectivity index (χ1v) is 7.01. The van der Waals surface area contributed by atoms with Crippen LogP contribution in [-0.2, 0) is 12.0 Å². The third kappa shape index (κ3) is 2.75. The summed E-state index contributed by atoms with van der Waals surface area (Å²) < 4.78 is 1.82. The van der Waals surface area contributed by atoms with Crippen LogP contribution >= 0.6 is 0 Å². The fourth-order valence-electron chi connectivity index (χ4n) is 2.30. The second-order valence-electron chi connectivity index (χ2n) is 6.44. The largest absolute Gasteiger partial charge is 0.390 e. The molecule has 0 aliphatic heterocycles. The molecule has 0 spiro atoms. The van der Waals surface area contributed by atoms with E-state index in [1.54, 1.807) is 0 Å². The quantitative estimate of drug-likeness (QED) is 0.934. The number of rotatable bonds is 3. The van der Waals surface area contributed by atoms with Crippen LogP contribution in [0.25, 0.3) is 5.69 Å². The average molecular weight is 273 g/mol. The van der Waals surface area contributed by atoms with Gasteiger partial charge in [0.1, 0.15) is 5.69 Å². The number of hydrogen-bond acceptors (Lipinski definition) is 3. The second kappa shape index (κ2) is 5.37. The molecule has 0 atom stereocenters. The molecule has 0 aliphatic rings. The van der Waals surface area contributed by atoms with Crippen molar-refractivity contribution in [3.8, 4) is 5.69 Å². The summed E-state index contributed by atoms with van der Waals surface area (Å²) in [7, 11) is 0. The molecule has 1 N–H and O–H groups in total. The van der Waals surface area contributed by atoms with E-state index in [0.29, 0.717) is 5.69 Å². The van der Waals surface area contributed by atoms with E-state index in [1.165, 1.54) is 5.56 Å². The van der Waals surface area contributed by atoms with E-state index < -0.39 is 0 Å². The van der Waals surface area contributed by atoms with E-state index in [-0.39, 0.29) is 17.9 Å². The minimum Gasteiger partial charge on any atom is -0.390 e. The lowest BCUT2D eigenvalue weighted by atomic mass is 9.87.